The summed E-state index contributed by atoms with van der Waals surface area (Å²) in [6.07, 6.45) is 21.4. The van der Waals surface area contributed by atoms with Crippen molar-refractivity contribution in [1.29, 1.82) is 0 Å². The van der Waals surface area contributed by atoms with Crippen LogP contribution in [0.3, 0.4) is 0 Å². The number of benzene rings is 18. The number of nitrogens with zero attached hydrogens (tertiary/aromatic N) is 3. The van der Waals surface area contributed by atoms with Crippen LogP contribution in [0.4, 0.5) is 0 Å². The van der Waals surface area contributed by atoms with Gasteiger partial charge in [0, 0.05) is 97.9 Å². The average Bonchev–Trinajstić information content (AvgIpc) is 1.50. The molecule has 12 saturated carbocycles. The molecule has 0 atom stereocenters. The molecule has 15 aliphatic rings. The van der Waals surface area contributed by atoms with Gasteiger partial charge in [0.1, 0.15) is 33.5 Å². The molecule has 12 fully saturated rings. The molecule has 6 heteroatoms. The quantitative estimate of drug-likeness (QED) is 0.167. The minimum Gasteiger partial charge on any atom is -0.456 e. The Hall–Kier alpha value is -15.2. The molecule has 24 aromatic rings. The van der Waals surface area contributed by atoms with Crippen LogP contribution in [0.25, 0.3) is 215 Å². The smallest absolute Gasteiger partial charge is 0.136 e. The van der Waals surface area contributed by atoms with Crippen LogP contribution in [0, 0.1) is 71.0 Å². The summed E-state index contributed by atoms with van der Waals surface area (Å²) < 4.78 is 26.4. The van der Waals surface area contributed by atoms with Gasteiger partial charge in [-0.3, -0.25) is 0 Å². The number of aromatic nitrogens is 3. The molecule has 15 aliphatic carbocycles. The Morgan fingerprint density at radius 2 is 0.479 bits per heavy atom. The monoisotopic (exact) mass is 1850 g/mol. The summed E-state index contributed by atoms with van der Waals surface area (Å²) in [5, 5.41) is 14.8. The molecule has 0 aliphatic heterocycles. The maximum absolute atomic E-state index is 6.35. The molecule has 12 bridgehead atoms. The zero-order valence-corrected chi connectivity index (χ0v) is 80.5. The molecule has 39 rings (SSSR count). The van der Waals surface area contributed by atoms with E-state index in [-0.39, 0.29) is 16.2 Å². The summed E-state index contributed by atoms with van der Waals surface area (Å²) in [5.74, 6) is 10.3. The molecule has 6 nitrogen and oxygen atoms in total. The second-order valence-corrected chi connectivity index (χ2v) is 46.0. The van der Waals surface area contributed by atoms with Crippen molar-refractivity contribution in [3.63, 3.8) is 0 Å². The topological polar surface area (TPSA) is 54.2 Å². The van der Waals surface area contributed by atoms with E-state index in [1.807, 2.05) is 12.1 Å². The van der Waals surface area contributed by atoms with Crippen LogP contribution in [0.5, 0.6) is 0 Å². The summed E-state index contributed by atoms with van der Waals surface area (Å²) in [4.78, 5) is 0. The number of fused-ring (bicyclic) bond motifs is 27. The zero-order chi connectivity index (χ0) is 93.4. The molecule has 6 heterocycles. The molecular weight excluding hydrogens is 1750 g/mol. The predicted octanol–water partition coefficient (Wildman–Crippen LogP) is 36.2. The van der Waals surface area contributed by atoms with E-state index in [0.717, 1.165) is 105 Å². The molecule has 0 saturated heterocycles. The van der Waals surface area contributed by atoms with Crippen LogP contribution in [0.1, 0.15) is 130 Å². The Balaban J connectivity index is 0.0000000932. The second kappa shape index (κ2) is 29.5. The summed E-state index contributed by atoms with van der Waals surface area (Å²) >= 11 is 0. The van der Waals surface area contributed by atoms with E-state index in [1.54, 1.807) is 33.4 Å². The highest BCUT2D eigenvalue weighted by Crippen LogP contribution is 2.74. The zero-order valence-electron chi connectivity index (χ0n) is 80.5. The third-order valence-electron chi connectivity index (χ3n) is 39.5. The van der Waals surface area contributed by atoms with Crippen molar-refractivity contribution in [3.8, 4) is 83.8 Å². The maximum atomic E-state index is 6.35. The molecule has 144 heavy (non-hydrogen) atoms. The fourth-order valence-electron chi connectivity index (χ4n) is 35.0. The second-order valence-electron chi connectivity index (χ2n) is 46.0. The molecule has 0 N–H and O–H groups in total. The van der Waals surface area contributed by atoms with Crippen molar-refractivity contribution in [3.05, 3.63) is 416 Å². The van der Waals surface area contributed by atoms with Crippen molar-refractivity contribution in [2.24, 2.45) is 71.0 Å². The minimum atomic E-state index is 0.150. The lowest BCUT2D eigenvalue weighted by Gasteiger charge is -2.61. The fourth-order valence-corrected chi connectivity index (χ4v) is 35.0. The van der Waals surface area contributed by atoms with Gasteiger partial charge in [-0.1, -0.05) is 261 Å². The Kier molecular flexibility index (Phi) is 16.5. The highest BCUT2D eigenvalue weighted by molar-refractivity contribution is 6.22. The van der Waals surface area contributed by atoms with E-state index in [0.29, 0.717) is 0 Å². The van der Waals surface area contributed by atoms with Gasteiger partial charge in [-0.25, -0.2) is 0 Å². The van der Waals surface area contributed by atoms with Crippen molar-refractivity contribution >= 4 is 131 Å². The van der Waals surface area contributed by atoms with E-state index < -0.39 is 0 Å². The van der Waals surface area contributed by atoms with Gasteiger partial charge in [0.25, 0.3) is 0 Å². The Morgan fingerprint density at radius 3 is 1.01 bits per heavy atom. The van der Waals surface area contributed by atoms with Gasteiger partial charge in [0.15, 0.2) is 0 Å². The van der Waals surface area contributed by atoms with Crippen LogP contribution in [0.2, 0.25) is 0 Å². The molecule has 690 valence electrons. The summed E-state index contributed by atoms with van der Waals surface area (Å²) in [6.45, 7) is 0. The molecule has 0 radical (unpaired) electrons. The van der Waals surface area contributed by atoms with Gasteiger partial charge in [0.05, 0.1) is 33.1 Å². The number of rotatable bonds is 6. The third-order valence-corrected chi connectivity index (χ3v) is 39.5. The van der Waals surface area contributed by atoms with Crippen LogP contribution in [-0.2, 0) is 16.2 Å². The average molecular weight is 1850 g/mol. The highest BCUT2D eigenvalue weighted by atomic mass is 16.3. The van der Waals surface area contributed by atoms with Crippen LogP contribution < -0.4 is 0 Å². The number of para-hydroxylation sites is 6. The molecular formula is C138H105N3O3. The summed E-state index contributed by atoms with van der Waals surface area (Å²) in [7, 11) is 0. The van der Waals surface area contributed by atoms with Crippen molar-refractivity contribution in [2.45, 2.75) is 113 Å². The van der Waals surface area contributed by atoms with E-state index in [1.165, 1.54) is 278 Å². The van der Waals surface area contributed by atoms with Gasteiger partial charge < -0.3 is 27.0 Å². The van der Waals surface area contributed by atoms with Crippen LogP contribution in [-0.4, -0.2) is 13.7 Å². The van der Waals surface area contributed by atoms with Gasteiger partial charge >= 0.3 is 0 Å². The minimum absolute atomic E-state index is 0.150. The maximum Gasteiger partial charge on any atom is 0.136 e. The van der Waals surface area contributed by atoms with E-state index in [4.69, 9.17) is 13.3 Å². The van der Waals surface area contributed by atoms with Gasteiger partial charge in [-0.2, -0.15) is 0 Å². The molecule has 3 spiro atoms. The third kappa shape index (κ3) is 10.8. The normalized spacial score (nSPS) is 25.2. The first kappa shape index (κ1) is 80.3. The Bertz CT molecular complexity index is 9610. The lowest BCUT2D eigenvalue weighted by Crippen LogP contribution is -2.55. The van der Waals surface area contributed by atoms with E-state index in [2.05, 4.69) is 384 Å². The standard InChI is InChI=1S/3C46H35NO/c1-4-14-38-32(9-1)33-20-19-31(26-39(33)46(38)29-22-27-21-28(24-29)25-30(46)23-27)47-40-15-5-2-10-36(40)44-34(12-7-16-41(44)47)35-13-8-18-43-45(35)37-11-3-6-17-42(37)48-43;1-4-10-40-34(7-1)38-26-33(15-17-41(38)46(40)31-20-27-19-28(22-31)23-32(46)21-27)47-42-11-5-2-8-35(42)36-16-13-30(25-43(36)47)29-14-18-45-39(24-29)37-9-3-6-12-44(37)48-45;1-4-10-40-34(7-1)39-26-33(15-18-41(39)46(40)31-20-27-19-28(22-31)23-32(46)21-27)47-42-11-5-2-8-35(42)36-16-13-29(24-43(36)47)30-14-17-38-37-9-3-6-12-44(37)48-45(38)25-30/h1-20,26-30H,21-25H2;2*1-18,24-28,31-32H,19-23H2. The SMILES string of the molecule is c1ccc2c(c1)-c1cc(-n3c4ccccc4c4ccc(-c5ccc6c(c5)oc5ccccc56)cc43)ccc1C21C2CC3CC(C2)CC1C3.c1ccc2c(c1)-c1cc(-n3c4ccccc4c4ccc(-c5ccc6oc7ccccc7c6c5)cc43)ccc1C21C2CC3CC(C2)CC1C3.c1ccc2c(c1)-c1ccc(-n3c4ccccc4c4c(-c5cccc6oc7ccccc7c56)cccc43)cc1C21C2CC3CC(C2)CC1C3. The first-order chi connectivity index (χ1) is 71.2. The summed E-state index contributed by atoms with van der Waals surface area (Å²) in [6, 6.07) is 144. The number of furan rings is 3. The Morgan fingerprint density at radius 1 is 0.167 bits per heavy atom. The lowest BCUT2D eigenvalue weighted by atomic mass is 9.43. The summed E-state index contributed by atoms with van der Waals surface area (Å²) in [5.41, 5.74) is 43.3. The molecule has 18 aromatic carbocycles. The van der Waals surface area contributed by atoms with E-state index >= 15 is 0 Å². The van der Waals surface area contributed by atoms with Crippen LogP contribution in [0.15, 0.2) is 395 Å². The van der Waals surface area contributed by atoms with Gasteiger partial charge in [-0.05, 0) is 389 Å². The number of hydrogen-bond acceptors (Lipinski definition) is 3. The van der Waals surface area contributed by atoms with Gasteiger partial charge in [-0.15, -0.1) is 0 Å². The molecule has 6 aromatic heterocycles. The number of hydrogen-bond donors (Lipinski definition) is 0. The first-order valence-corrected chi connectivity index (χ1v) is 53.8. The molecule has 0 unspecified atom stereocenters. The van der Waals surface area contributed by atoms with Crippen molar-refractivity contribution in [1.82, 2.24) is 13.7 Å². The van der Waals surface area contributed by atoms with Crippen molar-refractivity contribution < 1.29 is 13.3 Å². The molecule has 0 amide bonds. The predicted molar refractivity (Wildman–Crippen MR) is 590 cm³/mol. The highest BCUT2D eigenvalue weighted by Gasteiger charge is 2.65. The van der Waals surface area contributed by atoms with Crippen molar-refractivity contribution in [2.75, 3.05) is 0 Å². The fraction of sp³-hybridized carbons (Fsp3) is 0.217. The van der Waals surface area contributed by atoms with Gasteiger partial charge in [0.2, 0.25) is 0 Å². The largest absolute Gasteiger partial charge is 0.456 e. The van der Waals surface area contributed by atoms with Crippen LogP contribution >= 0.6 is 0 Å². The first-order valence-electron chi connectivity index (χ1n) is 53.8. The van der Waals surface area contributed by atoms with E-state index in [9.17, 15) is 0 Å². The lowest BCUT2D eigenvalue weighted by molar-refractivity contribution is -0.0399. The Labute approximate surface area is 835 Å².